The molecule has 0 saturated carbocycles. The van der Waals surface area contributed by atoms with E-state index in [0.717, 1.165) is 4.47 Å². The topological polar surface area (TPSA) is 4.93 Å². The molecule has 0 atom stereocenters. The van der Waals surface area contributed by atoms with Crippen LogP contribution in [0.15, 0.2) is 199 Å². The first-order chi connectivity index (χ1) is 25.2. The Bertz CT molecular complexity index is 2720. The fourth-order valence-corrected chi connectivity index (χ4v) is 9.21. The average Bonchev–Trinajstić information content (AvgIpc) is 3.69. The zero-order valence-electron chi connectivity index (χ0n) is 27.8. The monoisotopic (exact) mass is 713 g/mol. The van der Waals surface area contributed by atoms with E-state index in [1.54, 1.807) is 0 Å². The number of halogens is 1. The van der Waals surface area contributed by atoms with Crippen LogP contribution in [-0.2, 0) is 5.41 Å². The predicted molar refractivity (Wildman–Crippen MR) is 217 cm³/mol. The minimum absolute atomic E-state index is 0.462. The number of hydrogen-bond acceptors (Lipinski definition) is 0. The van der Waals surface area contributed by atoms with Gasteiger partial charge in [-0.2, -0.15) is 0 Å². The van der Waals surface area contributed by atoms with E-state index in [0.29, 0.717) is 0 Å². The Morgan fingerprint density at radius 3 is 1.71 bits per heavy atom. The van der Waals surface area contributed by atoms with E-state index in [1.165, 1.54) is 83.1 Å². The Kier molecular flexibility index (Phi) is 6.94. The molecule has 0 radical (unpaired) electrons. The van der Waals surface area contributed by atoms with Crippen LogP contribution in [0.1, 0.15) is 22.3 Å². The second-order valence-corrected chi connectivity index (χ2v) is 14.2. The molecule has 0 N–H and O–H groups in total. The lowest BCUT2D eigenvalue weighted by Gasteiger charge is -2.34. The van der Waals surface area contributed by atoms with Crippen molar-refractivity contribution in [3.05, 3.63) is 221 Å². The summed E-state index contributed by atoms with van der Waals surface area (Å²) in [6.07, 6.45) is 0. The van der Waals surface area contributed by atoms with E-state index in [1.807, 2.05) is 0 Å². The highest BCUT2D eigenvalue weighted by Crippen LogP contribution is 2.58. The van der Waals surface area contributed by atoms with Gasteiger partial charge >= 0.3 is 0 Å². The summed E-state index contributed by atoms with van der Waals surface area (Å²) in [6.45, 7) is 0. The van der Waals surface area contributed by atoms with Gasteiger partial charge in [-0.1, -0.05) is 186 Å². The van der Waals surface area contributed by atoms with Crippen LogP contribution in [0.2, 0.25) is 0 Å². The Hall–Kier alpha value is -5.96. The number of fused-ring (bicyclic) bond motifs is 6. The molecule has 0 bridgehead atoms. The smallest absolute Gasteiger partial charge is 0.0714 e. The normalized spacial score (nSPS) is 13.0. The van der Waals surface area contributed by atoms with Gasteiger partial charge in [0.05, 0.1) is 22.1 Å². The Morgan fingerprint density at radius 2 is 0.961 bits per heavy atom. The van der Waals surface area contributed by atoms with Gasteiger partial charge in [-0.3, -0.25) is 0 Å². The van der Waals surface area contributed by atoms with E-state index >= 15 is 0 Å². The summed E-state index contributed by atoms with van der Waals surface area (Å²) in [6, 6.07) is 71.1. The Morgan fingerprint density at radius 1 is 0.392 bits per heavy atom. The summed E-state index contributed by atoms with van der Waals surface area (Å²) >= 11 is 3.83. The fraction of sp³-hybridized carbons (Fsp3) is 0.0204. The number of rotatable bonds is 5. The first-order valence-corrected chi connectivity index (χ1v) is 18.3. The van der Waals surface area contributed by atoms with Crippen LogP contribution in [0.25, 0.3) is 60.9 Å². The molecular weight excluding hydrogens is 682 g/mol. The number of nitrogens with zero attached hydrogens (tertiary/aromatic N) is 1. The number of benzene rings is 8. The molecule has 1 aliphatic rings. The summed E-state index contributed by atoms with van der Waals surface area (Å²) in [5, 5.41) is 2.49. The van der Waals surface area contributed by atoms with Gasteiger partial charge in [-0.15, -0.1) is 0 Å². The van der Waals surface area contributed by atoms with Crippen molar-refractivity contribution in [3.63, 3.8) is 0 Å². The molecule has 0 spiro atoms. The summed E-state index contributed by atoms with van der Waals surface area (Å²) in [7, 11) is 0. The van der Waals surface area contributed by atoms with Crippen molar-refractivity contribution >= 4 is 37.7 Å². The van der Waals surface area contributed by atoms with Gasteiger partial charge in [0.2, 0.25) is 0 Å². The third-order valence-corrected chi connectivity index (χ3v) is 11.5. The van der Waals surface area contributed by atoms with Crippen molar-refractivity contribution in [2.45, 2.75) is 5.41 Å². The molecule has 10 rings (SSSR count). The third-order valence-electron chi connectivity index (χ3n) is 10.8. The third kappa shape index (κ3) is 4.40. The van der Waals surface area contributed by atoms with Crippen LogP contribution in [0, 0.1) is 0 Å². The Labute approximate surface area is 306 Å². The zero-order chi connectivity index (χ0) is 33.9. The van der Waals surface area contributed by atoms with E-state index in [-0.39, 0.29) is 0 Å². The maximum absolute atomic E-state index is 3.83. The molecule has 0 unspecified atom stereocenters. The average molecular weight is 715 g/mol. The summed E-state index contributed by atoms with van der Waals surface area (Å²) in [5.74, 6) is 0. The largest absolute Gasteiger partial charge is 0.309 e. The number of para-hydroxylation sites is 1. The molecule has 1 aliphatic carbocycles. The molecule has 0 amide bonds. The highest BCUT2D eigenvalue weighted by atomic mass is 79.9. The van der Waals surface area contributed by atoms with Crippen LogP contribution in [0.3, 0.4) is 0 Å². The highest BCUT2D eigenvalue weighted by molar-refractivity contribution is 9.10. The van der Waals surface area contributed by atoms with Gasteiger partial charge in [0.25, 0.3) is 0 Å². The van der Waals surface area contributed by atoms with Crippen LogP contribution in [0.5, 0.6) is 0 Å². The number of hydrogen-bond donors (Lipinski definition) is 0. The molecule has 0 fully saturated rings. The predicted octanol–water partition coefficient (Wildman–Crippen LogP) is 13.2. The van der Waals surface area contributed by atoms with E-state index in [4.69, 9.17) is 0 Å². The van der Waals surface area contributed by atoms with Crippen molar-refractivity contribution < 1.29 is 0 Å². The lowest BCUT2D eigenvalue weighted by molar-refractivity contribution is 0.768. The molecule has 9 aromatic rings. The van der Waals surface area contributed by atoms with Gasteiger partial charge in [0.1, 0.15) is 0 Å². The molecular formula is C49H32BrN. The van der Waals surface area contributed by atoms with E-state index in [2.05, 4.69) is 215 Å². The minimum Gasteiger partial charge on any atom is -0.309 e. The molecule has 8 aromatic carbocycles. The molecule has 0 saturated heterocycles. The van der Waals surface area contributed by atoms with E-state index in [9.17, 15) is 0 Å². The van der Waals surface area contributed by atoms with Crippen LogP contribution >= 0.6 is 15.9 Å². The maximum Gasteiger partial charge on any atom is 0.0714 e. The second-order valence-electron chi connectivity index (χ2n) is 13.3. The molecule has 2 heteroatoms. The second kappa shape index (κ2) is 11.8. The zero-order valence-corrected chi connectivity index (χ0v) is 29.4. The molecule has 1 nitrogen and oxygen atoms in total. The van der Waals surface area contributed by atoms with Gasteiger partial charge in [0.15, 0.2) is 0 Å². The first kappa shape index (κ1) is 29.9. The number of aromatic nitrogens is 1. The van der Waals surface area contributed by atoms with E-state index < -0.39 is 5.41 Å². The minimum atomic E-state index is -0.462. The summed E-state index contributed by atoms with van der Waals surface area (Å²) in [4.78, 5) is 0. The fourth-order valence-electron chi connectivity index (χ4n) is 8.71. The van der Waals surface area contributed by atoms with Crippen molar-refractivity contribution in [1.82, 2.24) is 4.57 Å². The van der Waals surface area contributed by atoms with Crippen LogP contribution < -0.4 is 0 Å². The van der Waals surface area contributed by atoms with Crippen molar-refractivity contribution in [3.8, 4) is 39.1 Å². The molecule has 1 heterocycles. The lowest BCUT2D eigenvalue weighted by Crippen LogP contribution is -2.28. The molecule has 51 heavy (non-hydrogen) atoms. The quantitative estimate of drug-likeness (QED) is 0.167. The van der Waals surface area contributed by atoms with Gasteiger partial charge < -0.3 is 4.57 Å². The highest BCUT2D eigenvalue weighted by Gasteiger charge is 2.47. The van der Waals surface area contributed by atoms with Crippen LogP contribution in [0.4, 0.5) is 0 Å². The lowest BCUT2D eigenvalue weighted by atomic mass is 9.68. The molecule has 1 aromatic heterocycles. The standard InChI is InChI=1S/C49H32BrN/c50-44-27-13-10-22-38(44)37-21-8-7-20-36(37)33-30-31-40-39-23-11-14-28-45(39)51(47(40)32-33)46-29-15-26-43-48(46)41-24-9-12-25-42(41)49(43,34-16-3-1-4-17-34)35-18-5-2-6-19-35/h1-32H. The van der Waals surface area contributed by atoms with Gasteiger partial charge in [-0.05, 0) is 74.3 Å². The van der Waals surface area contributed by atoms with Gasteiger partial charge in [0, 0.05) is 20.8 Å². The summed E-state index contributed by atoms with van der Waals surface area (Å²) < 4.78 is 3.60. The van der Waals surface area contributed by atoms with Crippen molar-refractivity contribution in [1.29, 1.82) is 0 Å². The van der Waals surface area contributed by atoms with Crippen molar-refractivity contribution in [2.24, 2.45) is 0 Å². The summed E-state index contributed by atoms with van der Waals surface area (Å²) in [5.41, 5.74) is 15.6. The molecule has 240 valence electrons. The molecule has 0 aliphatic heterocycles. The first-order valence-electron chi connectivity index (χ1n) is 17.5. The van der Waals surface area contributed by atoms with Crippen molar-refractivity contribution in [2.75, 3.05) is 0 Å². The van der Waals surface area contributed by atoms with Gasteiger partial charge in [-0.25, -0.2) is 0 Å². The van der Waals surface area contributed by atoms with Crippen LogP contribution in [-0.4, -0.2) is 4.57 Å². The SMILES string of the molecule is Brc1ccccc1-c1ccccc1-c1ccc2c3ccccc3n(-c3cccc4c3-c3ccccc3C4(c3ccccc3)c3ccccc3)c2c1. The maximum atomic E-state index is 3.83. The Balaban J connectivity index is 1.29.